The summed E-state index contributed by atoms with van der Waals surface area (Å²) in [5, 5.41) is 14.0. The number of nitrogens with one attached hydrogen (secondary N) is 1. The quantitative estimate of drug-likeness (QED) is 0.544. The van der Waals surface area contributed by atoms with Crippen molar-refractivity contribution in [3.63, 3.8) is 0 Å². The average molecular weight is 429 g/mol. The van der Waals surface area contributed by atoms with Gasteiger partial charge < -0.3 is 14.8 Å². The molecule has 1 amide bonds. The summed E-state index contributed by atoms with van der Waals surface area (Å²) < 4.78 is 37.8. The number of nitrogens with zero attached hydrogens (tertiary/aromatic N) is 2. The molecule has 1 aromatic rings. The van der Waals surface area contributed by atoms with Gasteiger partial charge in [0.2, 0.25) is 10.0 Å². The SMILES string of the molecule is COc1ccc(S(=O)(=O)N2CCCCC2CNC(=O)OC(C)(C)C)c([N+](=O)[O-])c1. The fourth-order valence-corrected chi connectivity index (χ4v) is 4.95. The van der Waals surface area contributed by atoms with Crippen LogP contribution in [-0.4, -0.2) is 55.6 Å². The maximum Gasteiger partial charge on any atom is 0.407 e. The zero-order chi connectivity index (χ0) is 21.8. The molecule has 29 heavy (non-hydrogen) atoms. The van der Waals surface area contributed by atoms with Crippen LogP contribution in [0.25, 0.3) is 0 Å². The van der Waals surface area contributed by atoms with E-state index in [0.29, 0.717) is 12.8 Å². The molecule has 1 fully saturated rings. The molecular weight excluding hydrogens is 402 g/mol. The third-order valence-electron chi connectivity index (χ3n) is 4.40. The van der Waals surface area contributed by atoms with Gasteiger partial charge in [-0.05, 0) is 45.7 Å². The first kappa shape index (κ1) is 22.9. The maximum atomic E-state index is 13.2. The Labute approximate surface area is 170 Å². The lowest BCUT2D eigenvalue weighted by atomic mass is 10.1. The van der Waals surface area contributed by atoms with E-state index in [4.69, 9.17) is 9.47 Å². The highest BCUT2D eigenvalue weighted by Gasteiger charge is 2.38. The number of alkyl carbamates (subject to hydrolysis) is 1. The van der Waals surface area contributed by atoms with Crippen molar-refractivity contribution in [3.05, 3.63) is 28.3 Å². The summed E-state index contributed by atoms with van der Waals surface area (Å²) >= 11 is 0. The predicted molar refractivity (Wildman–Crippen MR) is 105 cm³/mol. The molecule has 10 nitrogen and oxygen atoms in total. The third-order valence-corrected chi connectivity index (χ3v) is 6.40. The normalized spacial score (nSPS) is 18.1. The fourth-order valence-electron chi connectivity index (χ4n) is 3.12. The number of carbonyl (C=O) groups is 1. The van der Waals surface area contributed by atoms with Crippen LogP contribution in [0, 0.1) is 10.1 Å². The molecule has 1 N–H and O–H groups in total. The van der Waals surface area contributed by atoms with Gasteiger partial charge in [-0.3, -0.25) is 10.1 Å². The molecule has 2 rings (SSSR count). The summed E-state index contributed by atoms with van der Waals surface area (Å²) in [6, 6.07) is 3.12. The molecule has 11 heteroatoms. The van der Waals surface area contributed by atoms with Crippen LogP contribution in [0.15, 0.2) is 23.1 Å². The Hall–Kier alpha value is -2.40. The van der Waals surface area contributed by atoms with E-state index < -0.39 is 43.3 Å². The van der Waals surface area contributed by atoms with Crippen LogP contribution in [0.5, 0.6) is 5.75 Å². The van der Waals surface area contributed by atoms with Crippen LogP contribution in [0.3, 0.4) is 0 Å². The molecule has 0 bridgehead atoms. The van der Waals surface area contributed by atoms with Crippen molar-refractivity contribution in [2.75, 3.05) is 20.2 Å². The molecule has 0 aliphatic carbocycles. The minimum atomic E-state index is -4.15. The van der Waals surface area contributed by atoms with Crippen LogP contribution >= 0.6 is 0 Å². The smallest absolute Gasteiger partial charge is 0.407 e. The summed E-state index contributed by atoms with van der Waals surface area (Å²) in [6.45, 7) is 5.45. The van der Waals surface area contributed by atoms with E-state index in [1.807, 2.05) is 0 Å². The van der Waals surface area contributed by atoms with Gasteiger partial charge in [0.25, 0.3) is 5.69 Å². The zero-order valence-corrected chi connectivity index (χ0v) is 17.8. The number of hydrogen-bond acceptors (Lipinski definition) is 7. The molecule has 0 saturated carbocycles. The van der Waals surface area contributed by atoms with Crippen LogP contribution in [0.4, 0.5) is 10.5 Å². The van der Waals surface area contributed by atoms with Crippen molar-refractivity contribution in [1.29, 1.82) is 0 Å². The van der Waals surface area contributed by atoms with Gasteiger partial charge in [-0.2, -0.15) is 4.31 Å². The number of methoxy groups -OCH3 is 1. The van der Waals surface area contributed by atoms with Gasteiger partial charge in [0.1, 0.15) is 11.4 Å². The van der Waals surface area contributed by atoms with Crippen LogP contribution < -0.4 is 10.1 Å². The lowest BCUT2D eigenvalue weighted by Crippen LogP contribution is -2.49. The number of sulfonamides is 1. The van der Waals surface area contributed by atoms with Crippen molar-refractivity contribution in [2.45, 2.75) is 56.6 Å². The van der Waals surface area contributed by atoms with Gasteiger partial charge in [0, 0.05) is 19.1 Å². The number of carbonyl (C=O) groups excluding carboxylic acids is 1. The summed E-state index contributed by atoms with van der Waals surface area (Å²) in [7, 11) is -2.81. The second kappa shape index (κ2) is 8.95. The lowest BCUT2D eigenvalue weighted by Gasteiger charge is -2.34. The highest BCUT2D eigenvalue weighted by Crippen LogP contribution is 2.33. The summed E-state index contributed by atoms with van der Waals surface area (Å²) in [6.07, 6.45) is 1.30. The molecule has 1 unspecified atom stereocenters. The average Bonchev–Trinajstić information content (AvgIpc) is 2.64. The van der Waals surface area contributed by atoms with E-state index in [-0.39, 0.29) is 18.8 Å². The summed E-state index contributed by atoms with van der Waals surface area (Å²) in [4.78, 5) is 22.2. The summed E-state index contributed by atoms with van der Waals surface area (Å²) in [5.41, 5.74) is -1.22. The predicted octanol–water partition coefficient (Wildman–Crippen LogP) is 2.67. The Morgan fingerprint density at radius 2 is 2.03 bits per heavy atom. The second-order valence-electron chi connectivity index (χ2n) is 7.74. The summed E-state index contributed by atoms with van der Waals surface area (Å²) in [5.74, 6) is 0.192. The molecule has 0 aromatic heterocycles. The molecular formula is C18H27N3O7S. The molecule has 1 heterocycles. The highest BCUT2D eigenvalue weighted by molar-refractivity contribution is 7.89. The molecule has 1 aliphatic rings. The topological polar surface area (TPSA) is 128 Å². The largest absolute Gasteiger partial charge is 0.497 e. The molecule has 1 aliphatic heterocycles. The number of amides is 1. The van der Waals surface area contributed by atoms with Crippen molar-refractivity contribution in [1.82, 2.24) is 9.62 Å². The van der Waals surface area contributed by atoms with Gasteiger partial charge in [-0.25, -0.2) is 13.2 Å². The van der Waals surface area contributed by atoms with Crippen LogP contribution in [0.2, 0.25) is 0 Å². The molecule has 0 spiro atoms. The number of hydrogen-bond donors (Lipinski definition) is 1. The van der Waals surface area contributed by atoms with Crippen LogP contribution in [0.1, 0.15) is 40.0 Å². The minimum absolute atomic E-state index is 0.0537. The highest BCUT2D eigenvalue weighted by atomic mass is 32.2. The number of piperidine rings is 1. The van der Waals surface area contributed by atoms with Gasteiger partial charge in [0.15, 0.2) is 4.90 Å². The van der Waals surface area contributed by atoms with Crippen LogP contribution in [-0.2, 0) is 14.8 Å². The molecule has 162 valence electrons. The molecule has 1 atom stereocenters. The number of ether oxygens (including phenoxy) is 2. The molecule has 1 saturated heterocycles. The standard InChI is InChI=1S/C18H27N3O7S/c1-18(2,3)28-17(22)19-12-13-7-5-6-10-20(13)29(25,26)16-9-8-14(27-4)11-15(16)21(23)24/h8-9,11,13H,5-7,10,12H2,1-4H3,(H,19,22). The van der Waals surface area contributed by atoms with Gasteiger partial charge in [-0.15, -0.1) is 0 Å². The Kier molecular flexibility index (Phi) is 7.06. The van der Waals surface area contributed by atoms with Crippen molar-refractivity contribution < 1.29 is 27.6 Å². The first-order valence-corrected chi connectivity index (χ1v) is 10.7. The molecule has 0 radical (unpaired) electrons. The second-order valence-corrected chi connectivity index (χ2v) is 9.60. The van der Waals surface area contributed by atoms with Gasteiger partial charge in [0.05, 0.1) is 18.1 Å². The first-order chi connectivity index (χ1) is 13.5. The van der Waals surface area contributed by atoms with Crippen molar-refractivity contribution in [3.8, 4) is 5.75 Å². The van der Waals surface area contributed by atoms with E-state index in [0.717, 1.165) is 12.5 Å². The lowest BCUT2D eigenvalue weighted by molar-refractivity contribution is -0.387. The van der Waals surface area contributed by atoms with E-state index in [2.05, 4.69) is 5.32 Å². The van der Waals surface area contributed by atoms with E-state index in [1.165, 1.54) is 23.5 Å². The van der Waals surface area contributed by atoms with Gasteiger partial charge in [-0.1, -0.05) is 6.42 Å². The van der Waals surface area contributed by atoms with Gasteiger partial charge >= 0.3 is 6.09 Å². The Bertz CT molecular complexity index is 865. The molecule has 1 aromatic carbocycles. The Morgan fingerprint density at radius 1 is 1.34 bits per heavy atom. The van der Waals surface area contributed by atoms with E-state index >= 15 is 0 Å². The van der Waals surface area contributed by atoms with E-state index in [1.54, 1.807) is 20.8 Å². The number of benzene rings is 1. The first-order valence-electron chi connectivity index (χ1n) is 9.27. The Balaban J connectivity index is 2.27. The van der Waals surface area contributed by atoms with Crippen molar-refractivity contribution >= 4 is 21.8 Å². The van der Waals surface area contributed by atoms with E-state index in [9.17, 15) is 23.3 Å². The number of nitro benzene ring substituents is 1. The van der Waals surface area contributed by atoms with Crippen molar-refractivity contribution in [2.24, 2.45) is 0 Å². The Morgan fingerprint density at radius 3 is 2.62 bits per heavy atom. The number of nitro groups is 1. The zero-order valence-electron chi connectivity index (χ0n) is 17.0. The maximum absolute atomic E-state index is 13.2. The number of rotatable bonds is 6. The minimum Gasteiger partial charge on any atom is -0.497 e. The monoisotopic (exact) mass is 429 g/mol. The third kappa shape index (κ3) is 5.80. The fraction of sp³-hybridized carbons (Fsp3) is 0.611.